The molecule has 13 heteroatoms. The van der Waals surface area contributed by atoms with Gasteiger partial charge in [0.2, 0.25) is 6.33 Å². The van der Waals surface area contributed by atoms with Gasteiger partial charge in [-0.15, -0.1) is 0 Å². The van der Waals surface area contributed by atoms with E-state index in [9.17, 15) is 14.9 Å². The lowest BCUT2D eigenvalue weighted by molar-refractivity contribution is -0.394. The number of benzene rings is 3. The Bertz CT molecular complexity index is 1510. The number of hydrogen-bond acceptors (Lipinski definition) is 8. The van der Waals surface area contributed by atoms with Gasteiger partial charge in [0.15, 0.2) is 0 Å². The molecule has 3 aromatic carbocycles. The van der Waals surface area contributed by atoms with E-state index in [0.717, 1.165) is 5.56 Å². The van der Waals surface area contributed by atoms with Crippen LogP contribution in [0.4, 0.5) is 5.95 Å². The normalized spacial score (nSPS) is 10.9. The van der Waals surface area contributed by atoms with Gasteiger partial charge in [0.25, 0.3) is 5.91 Å². The zero-order chi connectivity index (χ0) is 27.1. The standard InChI is InChI=1S/C25H20Cl2N6O5/c1-37-22-8-5-16(9-19(22)13-32-15-28-25(31-32)33(35)36)12-29-30-24(34)18-4-2-3-17(10-18)14-38-23-11-20(26)6-7-21(23)27/h2-12,15H,13-14H2,1H3,(H,30,34)/b29-12+. The summed E-state index contributed by atoms with van der Waals surface area (Å²) in [5.41, 5.74) is 5.00. The molecule has 4 aromatic rings. The van der Waals surface area contributed by atoms with Gasteiger partial charge < -0.3 is 19.6 Å². The minimum Gasteiger partial charge on any atom is -0.496 e. The average Bonchev–Trinajstić information content (AvgIpc) is 3.38. The van der Waals surface area contributed by atoms with Gasteiger partial charge in [-0.25, -0.2) is 5.43 Å². The number of nitrogens with one attached hydrogen (secondary N) is 1. The second-order valence-corrected chi connectivity index (χ2v) is 8.68. The molecule has 0 fully saturated rings. The Hall–Kier alpha value is -4.48. The number of nitrogens with zero attached hydrogens (tertiary/aromatic N) is 5. The van der Waals surface area contributed by atoms with E-state index >= 15 is 0 Å². The van der Waals surface area contributed by atoms with Gasteiger partial charge >= 0.3 is 5.95 Å². The van der Waals surface area contributed by atoms with Crippen LogP contribution in [0.5, 0.6) is 11.5 Å². The van der Waals surface area contributed by atoms with Gasteiger partial charge in [-0.2, -0.15) is 9.78 Å². The molecule has 0 unspecified atom stereocenters. The quantitative estimate of drug-likeness (QED) is 0.167. The Morgan fingerprint density at radius 1 is 1.16 bits per heavy atom. The Morgan fingerprint density at radius 2 is 2.00 bits per heavy atom. The zero-order valence-corrected chi connectivity index (χ0v) is 21.4. The number of hydrazone groups is 1. The topological polar surface area (TPSA) is 134 Å². The predicted molar refractivity (Wildman–Crippen MR) is 141 cm³/mol. The molecule has 0 aliphatic carbocycles. The maximum Gasteiger partial charge on any atom is 0.490 e. The van der Waals surface area contributed by atoms with Crippen LogP contribution < -0.4 is 14.9 Å². The summed E-state index contributed by atoms with van der Waals surface area (Å²) in [7, 11) is 1.51. The lowest BCUT2D eigenvalue weighted by Gasteiger charge is -2.09. The third-order valence-corrected chi connectivity index (χ3v) is 5.73. The first kappa shape index (κ1) is 26.6. The third-order valence-electron chi connectivity index (χ3n) is 5.18. The number of rotatable bonds is 10. The van der Waals surface area contributed by atoms with Crippen molar-refractivity contribution in [1.29, 1.82) is 0 Å². The molecular formula is C25H20Cl2N6O5. The molecule has 0 saturated carbocycles. The fourth-order valence-electron chi connectivity index (χ4n) is 3.40. The van der Waals surface area contributed by atoms with Crippen LogP contribution in [0.3, 0.4) is 0 Å². The molecule has 194 valence electrons. The van der Waals surface area contributed by atoms with Crippen molar-refractivity contribution >= 4 is 41.3 Å². The molecule has 0 saturated heterocycles. The average molecular weight is 555 g/mol. The van der Waals surface area contributed by atoms with Crippen LogP contribution in [0.25, 0.3) is 0 Å². The number of amides is 1. The Morgan fingerprint density at radius 3 is 2.76 bits per heavy atom. The number of nitro groups is 1. The van der Waals surface area contributed by atoms with Gasteiger partial charge in [-0.3, -0.25) is 4.79 Å². The summed E-state index contributed by atoms with van der Waals surface area (Å²) in [4.78, 5) is 26.4. The maximum absolute atomic E-state index is 12.6. The second-order valence-electron chi connectivity index (χ2n) is 7.83. The van der Waals surface area contributed by atoms with Crippen LogP contribution in [0.1, 0.15) is 27.0 Å². The highest BCUT2D eigenvalue weighted by Crippen LogP contribution is 2.28. The highest BCUT2D eigenvalue weighted by atomic mass is 35.5. The van der Waals surface area contributed by atoms with E-state index in [1.165, 1.54) is 24.3 Å². The van der Waals surface area contributed by atoms with E-state index < -0.39 is 16.8 Å². The lowest BCUT2D eigenvalue weighted by atomic mass is 10.1. The largest absolute Gasteiger partial charge is 0.496 e. The van der Waals surface area contributed by atoms with E-state index in [-0.39, 0.29) is 13.2 Å². The SMILES string of the molecule is COc1ccc(/C=N/NC(=O)c2cccc(COc3cc(Cl)ccc3Cl)c2)cc1Cn1cnc([N+](=O)[O-])n1. The van der Waals surface area contributed by atoms with Crippen molar-refractivity contribution in [3.63, 3.8) is 0 Å². The summed E-state index contributed by atoms with van der Waals surface area (Å²) in [5, 5.41) is 19.6. The molecule has 0 aliphatic rings. The third kappa shape index (κ3) is 6.84. The molecule has 0 bridgehead atoms. The van der Waals surface area contributed by atoms with E-state index in [2.05, 4.69) is 20.6 Å². The second kappa shape index (κ2) is 12.2. The summed E-state index contributed by atoms with van der Waals surface area (Å²) >= 11 is 12.1. The number of carbonyl (C=O) groups is 1. The summed E-state index contributed by atoms with van der Waals surface area (Å²) in [6.07, 6.45) is 2.74. The maximum atomic E-state index is 12.6. The zero-order valence-electron chi connectivity index (χ0n) is 19.9. The number of aromatic nitrogens is 3. The van der Waals surface area contributed by atoms with Crippen LogP contribution in [-0.2, 0) is 13.2 Å². The van der Waals surface area contributed by atoms with Gasteiger partial charge in [-0.05, 0) is 58.5 Å². The molecule has 0 atom stereocenters. The molecule has 1 heterocycles. The van der Waals surface area contributed by atoms with Crippen LogP contribution in [0.2, 0.25) is 10.0 Å². The molecule has 1 amide bonds. The van der Waals surface area contributed by atoms with Crippen molar-refractivity contribution < 1.29 is 19.2 Å². The minimum atomic E-state index is -0.670. The Balaban J connectivity index is 1.39. The number of hydrogen-bond donors (Lipinski definition) is 1. The first-order valence-corrected chi connectivity index (χ1v) is 11.8. The Kier molecular flexibility index (Phi) is 8.51. The van der Waals surface area contributed by atoms with Gasteiger partial charge in [0.05, 0.1) is 24.9 Å². The van der Waals surface area contributed by atoms with Crippen LogP contribution in [0, 0.1) is 10.1 Å². The van der Waals surface area contributed by atoms with Crippen molar-refractivity contribution in [1.82, 2.24) is 20.2 Å². The summed E-state index contributed by atoms with van der Waals surface area (Å²) < 4.78 is 12.4. The lowest BCUT2D eigenvalue weighted by Crippen LogP contribution is -2.18. The molecule has 1 N–H and O–H groups in total. The number of methoxy groups -OCH3 is 1. The van der Waals surface area contributed by atoms with Crippen LogP contribution >= 0.6 is 23.2 Å². The van der Waals surface area contributed by atoms with Crippen molar-refractivity contribution in [2.24, 2.45) is 5.10 Å². The smallest absolute Gasteiger partial charge is 0.490 e. The first-order chi connectivity index (χ1) is 18.3. The molecule has 0 radical (unpaired) electrons. The molecule has 4 rings (SSSR count). The molecular weight excluding hydrogens is 535 g/mol. The van der Waals surface area contributed by atoms with Crippen molar-refractivity contribution in [3.8, 4) is 11.5 Å². The van der Waals surface area contributed by atoms with Gasteiger partial charge in [-0.1, -0.05) is 40.3 Å². The fraction of sp³-hybridized carbons (Fsp3) is 0.120. The molecule has 1 aromatic heterocycles. The van der Waals surface area contributed by atoms with Crippen LogP contribution in [0.15, 0.2) is 72.1 Å². The molecule has 0 aliphatic heterocycles. The van der Waals surface area contributed by atoms with Crippen molar-refractivity contribution in [3.05, 3.63) is 109 Å². The molecule has 11 nitrogen and oxygen atoms in total. The number of halogens is 2. The van der Waals surface area contributed by atoms with E-state index in [1.807, 2.05) is 6.07 Å². The monoisotopic (exact) mass is 554 g/mol. The predicted octanol–water partition coefficient (Wildman–Crippen LogP) is 4.89. The van der Waals surface area contributed by atoms with E-state index in [4.69, 9.17) is 32.7 Å². The minimum absolute atomic E-state index is 0.188. The van der Waals surface area contributed by atoms with Crippen molar-refractivity contribution in [2.75, 3.05) is 7.11 Å². The molecule has 0 spiro atoms. The van der Waals surface area contributed by atoms with Crippen molar-refractivity contribution in [2.45, 2.75) is 13.2 Å². The highest BCUT2D eigenvalue weighted by molar-refractivity contribution is 6.34. The summed E-state index contributed by atoms with van der Waals surface area (Å²) in [6.45, 7) is 0.376. The van der Waals surface area contributed by atoms with Gasteiger partial charge in [0, 0.05) is 27.3 Å². The highest BCUT2D eigenvalue weighted by Gasteiger charge is 2.15. The van der Waals surface area contributed by atoms with E-state index in [1.54, 1.807) is 54.6 Å². The van der Waals surface area contributed by atoms with E-state index in [0.29, 0.717) is 38.2 Å². The summed E-state index contributed by atoms with van der Waals surface area (Å²) in [5.74, 6) is 0.0998. The van der Waals surface area contributed by atoms with Gasteiger partial charge in [0.1, 0.15) is 18.1 Å². The first-order valence-electron chi connectivity index (χ1n) is 11.0. The number of ether oxygens (including phenoxy) is 2. The van der Waals surface area contributed by atoms with Crippen LogP contribution in [-0.4, -0.2) is 38.9 Å². The Labute approximate surface area is 226 Å². The fourth-order valence-corrected chi connectivity index (χ4v) is 3.74. The summed E-state index contributed by atoms with van der Waals surface area (Å²) in [6, 6.07) is 17.1. The molecule has 38 heavy (non-hydrogen) atoms. The number of carbonyl (C=O) groups excluding carboxylic acids is 1.